The molecule has 3 aromatic carbocycles. The number of benzene rings is 3. The Morgan fingerprint density at radius 1 is 0.921 bits per heavy atom. The molecule has 7 nitrogen and oxygen atoms in total. The summed E-state index contributed by atoms with van der Waals surface area (Å²) < 4.78 is 43.4. The fourth-order valence-corrected chi connectivity index (χ4v) is 2.88. The first-order valence-corrected chi connectivity index (χ1v) is 11.5. The SMILES string of the molecule is Cc1ccc(Oc2cc(C(O)CNC(C)(C)C)ccc2OC(=O)c2ccccc2)cc1.O=C(O)C(F)(F)F. The molecule has 0 fully saturated rings. The number of aliphatic hydroxyl groups is 1. The van der Waals surface area contributed by atoms with Gasteiger partial charge in [0.1, 0.15) is 5.75 Å². The third kappa shape index (κ3) is 10.2. The van der Waals surface area contributed by atoms with E-state index in [-0.39, 0.29) is 11.3 Å². The molecule has 0 radical (unpaired) electrons. The van der Waals surface area contributed by atoms with Gasteiger partial charge in [-0.1, -0.05) is 42.0 Å². The summed E-state index contributed by atoms with van der Waals surface area (Å²) in [4.78, 5) is 21.5. The summed E-state index contributed by atoms with van der Waals surface area (Å²) in [7, 11) is 0. The molecule has 0 aliphatic carbocycles. The number of esters is 1. The number of rotatable bonds is 7. The monoisotopic (exact) mass is 533 g/mol. The van der Waals surface area contributed by atoms with Gasteiger partial charge in [0, 0.05) is 12.1 Å². The number of hydrogen-bond acceptors (Lipinski definition) is 6. The molecule has 0 amide bonds. The van der Waals surface area contributed by atoms with Gasteiger partial charge in [0.05, 0.1) is 11.7 Å². The van der Waals surface area contributed by atoms with Crippen molar-refractivity contribution in [3.05, 3.63) is 89.5 Å². The van der Waals surface area contributed by atoms with Gasteiger partial charge in [-0.3, -0.25) is 0 Å². The first kappa shape index (κ1) is 30.3. The molecule has 3 N–H and O–H groups in total. The maximum absolute atomic E-state index is 12.6. The summed E-state index contributed by atoms with van der Waals surface area (Å²) in [5.41, 5.74) is 2.11. The van der Waals surface area contributed by atoms with Crippen molar-refractivity contribution in [3.63, 3.8) is 0 Å². The zero-order chi connectivity index (χ0) is 28.5. The average molecular weight is 534 g/mol. The Balaban J connectivity index is 0.000000638. The minimum atomic E-state index is -5.08. The molecule has 38 heavy (non-hydrogen) atoms. The fraction of sp³-hybridized carbons (Fsp3) is 0.286. The zero-order valence-corrected chi connectivity index (χ0v) is 21.4. The molecule has 10 heteroatoms. The lowest BCUT2D eigenvalue weighted by Crippen LogP contribution is -2.38. The van der Waals surface area contributed by atoms with Gasteiger partial charge >= 0.3 is 18.1 Å². The summed E-state index contributed by atoms with van der Waals surface area (Å²) in [6.45, 7) is 8.50. The summed E-state index contributed by atoms with van der Waals surface area (Å²) in [5.74, 6) is -1.97. The van der Waals surface area contributed by atoms with Crippen molar-refractivity contribution >= 4 is 11.9 Å². The molecule has 0 saturated carbocycles. The van der Waals surface area contributed by atoms with Crippen LogP contribution in [-0.2, 0) is 4.79 Å². The Labute approximate surface area is 218 Å². The Kier molecular flexibility index (Phi) is 10.4. The van der Waals surface area contributed by atoms with Crippen molar-refractivity contribution in [2.75, 3.05) is 6.54 Å². The molecule has 3 aromatic rings. The number of hydrogen-bond donors (Lipinski definition) is 3. The van der Waals surface area contributed by atoms with Crippen LogP contribution < -0.4 is 14.8 Å². The van der Waals surface area contributed by atoms with Crippen molar-refractivity contribution in [2.24, 2.45) is 0 Å². The lowest BCUT2D eigenvalue weighted by atomic mass is 10.1. The summed E-state index contributed by atoms with van der Waals surface area (Å²) in [6.07, 6.45) is -5.82. The summed E-state index contributed by atoms with van der Waals surface area (Å²) >= 11 is 0. The second kappa shape index (κ2) is 13.1. The van der Waals surface area contributed by atoms with Crippen LogP contribution in [0.2, 0.25) is 0 Å². The number of aliphatic hydroxyl groups excluding tert-OH is 1. The first-order valence-electron chi connectivity index (χ1n) is 11.5. The maximum Gasteiger partial charge on any atom is 0.490 e. The minimum absolute atomic E-state index is 0.118. The van der Waals surface area contributed by atoms with Crippen LogP contribution in [0.15, 0.2) is 72.8 Å². The topological polar surface area (TPSA) is 105 Å². The number of carboxylic acids is 1. The molecule has 1 atom stereocenters. The molecule has 0 aliphatic rings. The highest BCUT2D eigenvalue weighted by Gasteiger charge is 2.38. The molecule has 0 bridgehead atoms. The number of carbonyl (C=O) groups is 2. The molecule has 1 unspecified atom stereocenters. The first-order chi connectivity index (χ1) is 17.7. The second-order valence-corrected chi connectivity index (χ2v) is 9.33. The van der Waals surface area contributed by atoms with E-state index in [4.69, 9.17) is 19.4 Å². The van der Waals surface area contributed by atoms with Crippen LogP contribution in [0.25, 0.3) is 0 Å². The summed E-state index contributed by atoms with van der Waals surface area (Å²) in [6, 6.07) is 21.5. The number of nitrogens with one attached hydrogen (secondary N) is 1. The van der Waals surface area contributed by atoms with Crippen LogP contribution >= 0.6 is 0 Å². The number of aliphatic carboxylic acids is 1. The number of aryl methyl sites for hydroxylation is 1. The number of β-amino-alcohol motifs (C(OH)–C–C–N with tert-alkyl or cyclic N) is 1. The Morgan fingerprint density at radius 3 is 2.03 bits per heavy atom. The molecular formula is C28H30F3NO6. The molecule has 0 spiro atoms. The van der Waals surface area contributed by atoms with Gasteiger partial charge < -0.3 is 25.0 Å². The van der Waals surface area contributed by atoms with Gasteiger partial charge in [-0.05, 0) is 69.7 Å². The molecule has 3 rings (SSSR count). The molecule has 0 heterocycles. The average Bonchev–Trinajstić information content (AvgIpc) is 2.84. The molecule has 204 valence electrons. The normalized spacial score (nSPS) is 12.1. The van der Waals surface area contributed by atoms with E-state index in [0.29, 0.717) is 29.2 Å². The van der Waals surface area contributed by atoms with E-state index in [1.165, 1.54) is 0 Å². The van der Waals surface area contributed by atoms with Crippen LogP contribution in [-0.4, -0.2) is 40.4 Å². The highest BCUT2D eigenvalue weighted by Crippen LogP contribution is 2.35. The van der Waals surface area contributed by atoms with Crippen LogP contribution in [0.5, 0.6) is 17.2 Å². The molecule has 0 aromatic heterocycles. The Hall–Kier alpha value is -3.89. The van der Waals surface area contributed by atoms with Gasteiger partial charge in [-0.15, -0.1) is 0 Å². The number of ether oxygens (including phenoxy) is 2. The van der Waals surface area contributed by atoms with Crippen molar-refractivity contribution in [2.45, 2.75) is 45.5 Å². The lowest BCUT2D eigenvalue weighted by Gasteiger charge is -2.23. The fourth-order valence-electron chi connectivity index (χ4n) is 2.88. The van der Waals surface area contributed by atoms with Crippen molar-refractivity contribution in [3.8, 4) is 17.2 Å². The Morgan fingerprint density at radius 2 is 1.50 bits per heavy atom. The predicted molar refractivity (Wildman–Crippen MR) is 136 cm³/mol. The van der Waals surface area contributed by atoms with Crippen molar-refractivity contribution in [1.29, 1.82) is 0 Å². The van der Waals surface area contributed by atoms with Crippen LogP contribution in [0.3, 0.4) is 0 Å². The highest BCUT2D eigenvalue weighted by molar-refractivity contribution is 5.91. The number of alkyl halides is 3. The minimum Gasteiger partial charge on any atom is -0.475 e. The van der Waals surface area contributed by atoms with E-state index in [1.807, 2.05) is 58.0 Å². The maximum atomic E-state index is 12.6. The van der Waals surface area contributed by atoms with E-state index in [2.05, 4.69) is 5.32 Å². The van der Waals surface area contributed by atoms with E-state index < -0.39 is 24.2 Å². The van der Waals surface area contributed by atoms with Gasteiger partial charge in [-0.2, -0.15) is 13.2 Å². The van der Waals surface area contributed by atoms with E-state index in [1.54, 1.807) is 42.5 Å². The quantitative estimate of drug-likeness (QED) is 0.250. The van der Waals surface area contributed by atoms with E-state index in [0.717, 1.165) is 5.56 Å². The summed E-state index contributed by atoms with van der Waals surface area (Å²) in [5, 5.41) is 21.0. The number of halogens is 3. The third-order valence-corrected chi connectivity index (χ3v) is 4.88. The van der Waals surface area contributed by atoms with Crippen molar-refractivity contribution < 1.29 is 42.4 Å². The van der Waals surface area contributed by atoms with Gasteiger partial charge in [0.15, 0.2) is 11.5 Å². The van der Waals surface area contributed by atoms with Gasteiger partial charge in [-0.25, -0.2) is 9.59 Å². The second-order valence-electron chi connectivity index (χ2n) is 9.33. The van der Waals surface area contributed by atoms with Crippen LogP contribution in [0.1, 0.15) is 48.4 Å². The largest absolute Gasteiger partial charge is 0.490 e. The van der Waals surface area contributed by atoms with Crippen molar-refractivity contribution in [1.82, 2.24) is 5.32 Å². The Bertz CT molecular complexity index is 1210. The lowest BCUT2D eigenvalue weighted by molar-refractivity contribution is -0.192. The molecule has 0 saturated heterocycles. The standard InChI is InChI=1S/C26H29NO4.C2HF3O2/c1-18-10-13-21(14-11-18)30-24-16-20(22(28)17-27-26(2,3)4)12-15-23(24)31-25(29)19-8-6-5-7-9-19;3-2(4,5)1(6)7/h5-16,22,27-28H,17H2,1-4H3;(H,6,7). The highest BCUT2D eigenvalue weighted by atomic mass is 19.4. The zero-order valence-electron chi connectivity index (χ0n) is 21.4. The molecular weight excluding hydrogens is 503 g/mol. The van der Waals surface area contributed by atoms with Crippen LogP contribution in [0.4, 0.5) is 13.2 Å². The number of carbonyl (C=O) groups excluding carboxylic acids is 1. The molecule has 0 aliphatic heterocycles. The smallest absolute Gasteiger partial charge is 0.475 e. The van der Waals surface area contributed by atoms with E-state index >= 15 is 0 Å². The predicted octanol–water partition coefficient (Wildman–Crippen LogP) is 6.06. The number of carboxylic acid groups (broad SMARTS) is 1. The van der Waals surface area contributed by atoms with Gasteiger partial charge in [0.25, 0.3) is 0 Å². The third-order valence-electron chi connectivity index (χ3n) is 4.88. The van der Waals surface area contributed by atoms with Crippen LogP contribution in [0, 0.1) is 6.92 Å². The van der Waals surface area contributed by atoms with Gasteiger partial charge in [0.2, 0.25) is 0 Å². The van der Waals surface area contributed by atoms with E-state index in [9.17, 15) is 23.1 Å².